The van der Waals surface area contributed by atoms with E-state index in [4.69, 9.17) is 10.2 Å². The summed E-state index contributed by atoms with van der Waals surface area (Å²) in [5, 5.41) is 17.3. The fourth-order valence-electron chi connectivity index (χ4n) is 1.35. The average Bonchev–Trinajstić information content (AvgIpc) is 1.85. The van der Waals surface area contributed by atoms with Crippen molar-refractivity contribution in [3.05, 3.63) is 0 Å². The molecule has 2 N–H and O–H groups in total. The van der Waals surface area contributed by atoms with E-state index in [1.807, 2.05) is 0 Å². The summed E-state index contributed by atoms with van der Waals surface area (Å²) in [6.07, 6.45) is 0. The number of nitrogens with zero attached hydrogens (tertiary/aromatic N) is 1. The smallest absolute Gasteiger partial charge is 0.323 e. The van der Waals surface area contributed by atoms with Gasteiger partial charge in [0.2, 0.25) is 0 Å². The maximum absolute atomic E-state index is 10.5. The van der Waals surface area contributed by atoms with Gasteiger partial charge in [-0.05, 0) is 5.92 Å². The van der Waals surface area contributed by atoms with Gasteiger partial charge in [0.1, 0.15) is 6.04 Å². The fraction of sp³-hybridized carbons (Fsp3) is 0.857. The monoisotopic (exact) mass is 159 g/mol. The molecule has 64 valence electrons. The Bertz CT molecular complexity index is 154. The molecular weight excluding hydrogens is 146 g/mol. The van der Waals surface area contributed by atoms with Crippen LogP contribution in [0.25, 0.3) is 0 Å². The molecule has 0 aromatic rings. The minimum absolute atomic E-state index is 0.290. The van der Waals surface area contributed by atoms with E-state index in [0.29, 0.717) is 5.92 Å². The van der Waals surface area contributed by atoms with Gasteiger partial charge in [-0.1, -0.05) is 6.92 Å². The number of hydrogen-bond acceptors (Lipinski definition) is 3. The molecule has 1 heterocycles. The number of hydrogen-bond donors (Lipinski definition) is 2. The SMILES string of the molecule is CC1CN(C(CO)C(=O)O)C1. The zero-order valence-electron chi connectivity index (χ0n) is 6.53. The van der Waals surface area contributed by atoms with Gasteiger partial charge >= 0.3 is 5.97 Å². The zero-order valence-corrected chi connectivity index (χ0v) is 6.53. The van der Waals surface area contributed by atoms with Gasteiger partial charge in [-0.3, -0.25) is 9.69 Å². The van der Waals surface area contributed by atoms with Gasteiger partial charge < -0.3 is 10.2 Å². The van der Waals surface area contributed by atoms with Crippen LogP contribution in [0.5, 0.6) is 0 Å². The van der Waals surface area contributed by atoms with Gasteiger partial charge in [-0.25, -0.2) is 0 Å². The van der Waals surface area contributed by atoms with Crippen LogP contribution < -0.4 is 0 Å². The van der Waals surface area contributed by atoms with E-state index in [1.54, 1.807) is 4.90 Å². The van der Waals surface area contributed by atoms with Crippen molar-refractivity contribution in [2.24, 2.45) is 5.92 Å². The van der Waals surface area contributed by atoms with Gasteiger partial charge in [0.05, 0.1) is 6.61 Å². The van der Waals surface area contributed by atoms with E-state index in [9.17, 15) is 4.79 Å². The van der Waals surface area contributed by atoms with Crippen LogP contribution in [0.4, 0.5) is 0 Å². The van der Waals surface area contributed by atoms with Crippen molar-refractivity contribution in [1.29, 1.82) is 0 Å². The van der Waals surface area contributed by atoms with E-state index >= 15 is 0 Å². The minimum atomic E-state index is -0.931. The highest BCUT2D eigenvalue weighted by atomic mass is 16.4. The van der Waals surface area contributed by atoms with Crippen molar-refractivity contribution in [2.45, 2.75) is 13.0 Å². The minimum Gasteiger partial charge on any atom is -0.480 e. The maximum atomic E-state index is 10.5. The third-order valence-electron chi connectivity index (χ3n) is 1.99. The van der Waals surface area contributed by atoms with Crippen molar-refractivity contribution in [3.63, 3.8) is 0 Å². The van der Waals surface area contributed by atoms with Crippen LogP contribution in [0.1, 0.15) is 6.92 Å². The van der Waals surface area contributed by atoms with Crippen LogP contribution in [-0.2, 0) is 4.79 Å². The molecule has 0 saturated carbocycles. The van der Waals surface area contributed by atoms with E-state index in [1.165, 1.54) is 0 Å². The largest absolute Gasteiger partial charge is 0.480 e. The molecule has 0 amide bonds. The van der Waals surface area contributed by atoms with Crippen LogP contribution in [0.2, 0.25) is 0 Å². The third-order valence-corrected chi connectivity index (χ3v) is 1.99. The van der Waals surface area contributed by atoms with Crippen LogP contribution in [0.15, 0.2) is 0 Å². The predicted octanol–water partition coefficient (Wildman–Crippen LogP) is -0.616. The highest BCUT2D eigenvalue weighted by molar-refractivity contribution is 5.73. The first-order chi connectivity index (χ1) is 5.15. The lowest BCUT2D eigenvalue weighted by molar-refractivity contribution is -0.147. The van der Waals surface area contributed by atoms with Gasteiger partial charge in [-0.15, -0.1) is 0 Å². The second-order valence-electron chi connectivity index (χ2n) is 3.10. The second kappa shape index (κ2) is 3.19. The van der Waals surface area contributed by atoms with Crippen molar-refractivity contribution in [3.8, 4) is 0 Å². The lowest BCUT2D eigenvalue weighted by atomic mass is 10.0. The van der Waals surface area contributed by atoms with Crippen LogP contribution in [0, 0.1) is 5.92 Å². The first-order valence-electron chi connectivity index (χ1n) is 3.73. The Morgan fingerprint density at radius 1 is 1.73 bits per heavy atom. The second-order valence-corrected chi connectivity index (χ2v) is 3.10. The molecule has 1 unspecified atom stereocenters. The fourth-order valence-corrected chi connectivity index (χ4v) is 1.35. The Morgan fingerprint density at radius 3 is 2.55 bits per heavy atom. The standard InChI is InChI=1S/C7H13NO3/c1-5-2-8(3-5)6(4-9)7(10)11/h5-6,9H,2-4H2,1H3,(H,10,11). The number of carbonyl (C=O) groups is 1. The molecule has 0 bridgehead atoms. The summed E-state index contributed by atoms with van der Waals surface area (Å²) in [5.74, 6) is -0.359. The lowest BCUT2D eigenvalue weighted by Crippen LogP contribution is -2.55. The Balaban J connectivity index is 2.38. The number of aliphatic carboxylic acids is 1. The average molecular weight is 159 g/mol. The number of rotatable bonds is 3. The molecule has 1 aliphatic rings. The van der Waals surface area contributed by atoms with Crippen molar-refractivity contribution < 1.29 is 15.0 Å². The van der Waals surface area contributed by atoms with Gasteiger partial charge in [0.25, 0.3) is 0 Å². The van der Waals surface area contributed by atoms with Crippen LogP contribution >= 0.6 is 0 Å². The molecule has 0 aromatic heterocycles. The maximum Gasteiger partial charge on any atom is 0.323 e. The Morgan fingerprint density at radius 2 is 2.27 bits per heavy atom. The Hall–Kier alpha value is -0.610. The summed E-state index contributed by atoms with van der Waals surface area (Å²) in [6, 6.07) is -0.689. The van der Waals surface area contributed by atoms with E-state index in [-0.39, 0.29) is 6.61 Å². The van der Waals surface area contributed by atoms with Gasteiger partial charge in [0, 0.05) is 13.1 Å². The highest BCUT2D eigenvalue weighted by Crippen LogP contribution is 2.17. The van der Waals surface area contributed by atoms with Gasteiger partial charge in [0.15, 0.2) is 0 Å². The number of aliphatic hydroxyl groups is 1. The Labute approximate surface area is 65.4 Å². The first kappa shape index (κ1) is 8.49. The molecule has 4 heteroatoms. The lowest BCUT2D eigenvalue weighted by Gasteiger charge is -2.40. The van der Waals surface area contributed by atoms with Gasteiger partial charge in [-0.2, -0.15) is 0 Å². The topological polar surface area (TPSA) is 60.8 Å². The summed E-state index contributed by atoms with van der Waals surface area (Å²) in [4.78, 5) is 12.2. The normalized spacial score (nSPS) is 22.7. The molecule has 0 spiro atoms. The van der Waals surface area contributed by atoms with E-state index in [2.05, 4.69) is 6.92 Å². The molecule has 0 aromatic carbocycles. The molecule has 1 saturated heterocycles. The van der Waals surface area contributed by atoms with Crippen LogP contribution in [0.3, 0.4) is 0 Å². The van der Waals surface area contributed by atoms with E-state index < -0.39 is 12.0 Å². The molecule has 1 rings (SSSR count). The molecular formula is C7H13NO3. The molecule has 1 fully saturated rings. The number of aliphatic hydroxyl groups excluding tert-OH is 1. The number of likely N-dealkylation sites (tertiary alicyclic amines) is 1. The zero-order chi connectivity index (χ0) is 8.43. The predicted molar refractivity (Wildman–Crippen MR) is 39.2 cm³/mol. The summed E-state index contributed by atoms with van der Waals surface area (Å²) in [7, 11) is 0. The molecule has 1 aliphatic heterocycles. The molecule has 0 aliphatic carbocycles. The summed E-state index contributed by atoms with van der Waals surface area (Å²) in [6.45, 7) is 3.35. The number of carboxylic acid groups (broad SMARTS) is 1. The summed E-state index contributed by atoms with van der Waals surface area (Å²) >= 11 is 0. The van der Waals surface area contributed by atoms with Crippen molar-refractivity contribution >= 4 is 5.97 Å². The highest BCUT2D eigenvalue weighted by Gasteiger charge is 2.32. The van der Waals surface area contributed by atoms with Crippen LogP contribution in [-0.4, -0.2) is 46.8 Å². The van der Waals surface area contributed by atoms with Crippen molar-refractivity contribution in [1.82, 2.24) is 4.90 Å². The molecule has 1 atom stereocenters. The quantitative estimate of drug-likeness (QED) is 0.576. The first-order valence-corrected chi connectivity index (χ1v) is 3.73. The van der Waals surface area contributed by atoms with E-state index in [0.717, 1.165) is 13.1 Å². The molecule has 4 nitrogen and oxygen atoms in total. The van der Waals surface area contributed by atoms with Crippen molar-refractivity contribution in [2.75, 3.05) is 19.7 Å². The summed E-state index contributed by atoms with van der Waals surface area (Å²) in [5.41, 5.74) is 0. The third kappa shape index (κ3) is 1.70. The summed E-state index contributed by atoms with van der Waals surface area (Å²) < 4.78 is 0. The Kier molecular flexibility index (Phi) is 2.46. The number of carboxylic acids is 1. The molecule has 11 heavy (non-hydrogen) atoms. The molecule has 0 radical (unpaired) electrons.